The van der Waals surface area contributed by atoms with E-state index < -0.39 is 16.3 Å². The number of amides is 1. The molecule has 3 rings (SSSR count). The smallest absolute Gasteiger partial charge is 0.282 e. The van der Waals surface area contributed by atoms with Gasteiger partial charge >= 0.3 is 0 Å². The number of carbonyl (C=O) groups excluding carboxylic acids is 1. The van der Waals surface area contributed by atoms with Crippen molar-refractivity contribution in [3.63, 3.8) is 0 Å². The minimum atomic E-state index is -3.49. The van der Waals surface area contributed by atoms with Gasteiger partial charge in [0, 0.05) is 45.0 Å². The number of nitrogens with one attached hydrogen (secondary N) is 1. The highest BCUT2D eigenvalue weighted by Crippen LogP contribution is 2.26. The third-order valence-electron chi connectivity index (χ3n) is 5.72. The summed E-state index contributed by atoms with van der Waals surface area (Å²) >= 11 is 0. The molecule has 0 bridgehead atoms. The van der Waals surface area contributed by atoms with E-state index in [1.54, 1.807) is 31.4 Å². The molecule has 1 unspecified atom stereocenters. The number of benzene rings is 2. The second-order valence-electron chi connectivity index (χ2n) is 7.56. The van der Waals surface area contributed by atoms with E-state index in [4.69, 9.17) is 4.74 Å². The SMILES string of the molecule is CCN(CC)S(=O)(=O)N1CCN(C(C(=O)Nc2ccc(OC)cc2)c2ccccc2)CC1. The summed E-state index contributed by atoms with van der Waals surface area (Å²) in [6, 6.07) is 16.3. The van der Waals surface area contributed by atoms with Gasteiger partial charge in [0.1, 0.15) is 11.8 Å². The van der Waals surface area contributed by atoms with Crippen LogP contribution in [0, 0.1) is 0 Å². The minimum Gasteiger partial charge on any atom is -0.497 e. The van der Waals surface area contributed by atoms with Crippen LogP contribution in [-0.4, -0.2) is 74.2 Å². The summed E-state index contributed by atoms with van der Waals surface area (Å²) in [4.78, 5) is 15.4. The van der Waals surface area contributed by atoms with Gasteiger partial charge in [-0.05, 0) is 29.8 Å². The zero-order chi connectivity index (χ0) is 23.1. The van der Waals surface area contributed by atoms with E-state index in [0.29, 0.717) is 50.7 Å². The van der Waals surface area contributed by atoms with Crippen molar-refractivity contribution in [1.29, 1.82) is 0 Å². The lowest BCUT2D eigenvalue weighted by Crippen LogP contribution is -2.54. The molecule has 1 fully saturated rings. The number of rotatable bonds is 9. The highest BCUT2D eigenvalue weighted by atomic mass is 32.2. The molecule has 0 saturated carbocycles. The van der Waals surface area contributed by atoms with Crippen molar-refractivity contribution < 1.29 is 17.9 Å². The third-order valence-corrected chi connectivity index (χ3v) is 7.90. The van der Waals surface area contributed by atoms with Crippen LogP contribution >= 0.6 is 0 Å². The Bertz CT molecular complexity index is 971. The van der Waals surface area contributed by atoms with Gasteiger partial charge < -0.3 is 10.1 Å². The Morgan fingerprint density at radius 1 is 1.00 bits per heavy atom. The van der Waals surface area contributed by atoms with E-state index in [1.807, 2.05) is 49.1 Å². The number of hydrogen-bond donors (Lipinski definition) is 1. The van der Waals surface area contributed by atoms with Crippen molar-refractivity contribution >= 4 is 21.8 Å². The van der Waals surface area contributed by atoms with Gasteiger partial charge in [-0.2, -0.15) is 17.0 Å². The summed E-state index contributed by atoms with van der Waals surface area (Å²) in [6.07, 6.45) is 0. The Morgan fingerprint density at radius 2 is 1.59 bits per heavy atom. The average molecular weight is 461 g/mol. The Hall–Kier alpha value is -2.46. The monoisotopic (exact) mass is 460 g/mol. The number of anilines is 1. The molecule has 1 saturated heterocycles. The molecule has 2 aromatic carbocycles. The van der Waals surface area contributed by atoms with Crippen LogP contribution < -0.4 is 10.1 Å². The number of ether oxygens (including phenoxy) is 1. The number of hydrogen-bond acceptors (Lipinski definition) is 5. The van der Waals surface area contributed by atoms with Crippen LogP contribution in [0.15, 0.2) is 54.6 Å². The molecule has 1 atom stereocenters. The first-order chi connectivity index (χ1) is 15.4. The Balaban J connectivity index is 1.76. The fraction of sp³-hybridized carbons (Fsp3) is 0.435. The Morgan fingerprint density at radius 3 is 2.12 bits per heavy atom. The molecule has 9 heteroatoms. The lowest BCUT2D eigenvalue weighted by Gasteiger charge is -2.39. The first-order valence-electron chi connectivity index (χ1n) is 10.9. The van der Waals surface area contributed by atoms with Gasteiger partial charge in [0.15, 0.2) is 0 Å². The van der Waals surface area contributed by atoms with Gasteiger partial charge in [0.25, 0.3) is 10.2 Å². The molecular formula is C23H32N4O4S. The highest BCUT2D eigenvalue weighted by molar-refractivity contribution is 7.86. The standard InChI is InChI=1S/C23H32N4O4S/c1-4-26(5-2)32(29,30)27-17-15-25(16-18-27)22(19-9-7-6-8-10-19)23(28)24-20-11-13-21(31-3)14-12-20/h6-14,22H,4-5,15-18H2,1-3H3,(H,24,28). The molecule has 0 radical (unpaired) electrons. The topological polar surface area (TPSA) is 82.2 Å². The lowest BCUT2D eigenvalue weighted by atomic mass is 10.0. The van der Waals surface area contributed by atoms with Gasteiger partial charge in [-0.25, -0.2) is 0 Å². The number of nitrogens with zero attached hydrogens (tertiary/aromatic N) is 3. The van der Waals surface area contributed by atoms with Crippen molar-refractivity contribution in [2.75, 3.05) is 51.7 Å². The molecule has 0 spiro atoms. The zero-order valence-corrected chi connectivity index (χ0v) is 19.7. The van der Waals surface area contributed by atoms with Gasteiger partial charge in [-0.1, -0.05) is 44.2 Å². The molecule has 8 nitrogen and oxygen atoms in total. The maximum absolute atomic E-state index is 13.3. The summed E-state index contributed by atoms with van der Waals surface area (Å²) in [5.41, 5.74) is 1.55. The molecule has 1 aliphatic heterocycles. The normalized spacial score (nSPS) is 16.6. The number of piperazine rings is 1. The van der Waals surface area contributed by atoms with Crippen molar-refractivity contribution in [3.8, 4) is 5.75 Å². The number of carbonyl (C=O) groups is 1. The van der Waals surface area contributed by atoms with Gasteiger partial charge in [-0.3, -0.25) is 9.69 Å². The van der Waals surface area contributed by atoms with E-state index >= 15 is 0 Å². The maximum atomic E-state index is 13.3. The van der Waals surface area contributed by atoms with E-state index in [-0.39, 0.29) is 5.91 Å². The molecule has 174 valence electrons. The van der Waals surface area contributed by atoms with Gasteiger partial charge in [0.2, 0.25) is 5.91 Å². The van der Waals surface area contributed by atoms with Crippen molar-refractivity contribution in [3.05, 3.63) is 60.2 Å². The summed E-state index contributed by atoms with van der Waals surface area (Å²) in [6.45, 7) is 6.19. The average Bonchev–Trinajstić information content (AvgIpc) is 2.81. The van der Waals surface area contributed by atoms with Crippen molar-refractivity contribution in [2.45, 2.75) is 19.9 Å². The van der Waals surface area contributed by atoms with Crippen LogP contribution in [0.2, 0.25) is 0 Å². The van der Waals surface area contributed by atoms with Crippen LogP contribution in [0.25, 0.3) is 0 Å². The molecule has 1 heterocycles. The largest absolute Gasteiger partial charge is 0.497 e. The number of methoxy groups -OCH3 is 1. The molecule has 2 aromatic rings. The molecular weight excluding hydrogens is 428 g/mol. The second kappa shape index (κ2) is 10.9. The summed E-state index contributed by atoms with van der Waals surface area (Å²) in [7, 11) is -1.89. The zero-order valence-electron chi connectivity index (χ0n) is 18.9. The van der Waals surface area contributed by atoms with Gasteiger partial charge in [0.05, 0.1) is 7.11 Å². The molecule has 1 aliphatic rings. The first-order valence-corrected chi connectivity index (χ1v) is 12.3. The highest BCUT2D eigenvalue weighted by Gasteiger charge is 2.35. The predicted molar refractivity (Wildman–Crippen MR) is 126 cm³/mol. The summed E-state index contributed by atoms with van der Waals surface area (Å²) in [5.74, 6) is 0.564. The van der Waals surface area contributed by atoms with Crippen LogP contribution in [0.3, 0.4) is 0 Å². The first kappa shape index (κ1) is 24.2. The molecule has 1 amide bonds. The lowest BCUT2D eigenvalue weighted by molar-refractivity contribution is -0.122. The van der Waals surface area contributed by atoms with Crippen LogP contribution in [0.4, 0.5) is 5.69 Å². The molecule has 0 aromatic heterocycles. The predicted octanol–water partition coefficient (Wildman–Crippen LogP) is 2.58. The minimum absolute atomic E-state index is 0.151. The van der Waals surface area contributed by atoms with Crippen LogP contribution in [0.5, 0.6) is 5.75 Å². The van der Waals surface area contributed by atoms with Crippen LogP contribution in [0.1, 0.15) is 25.5 Å². The second-order valence-corrected chi connectivity index (χ2v) is 9.49. The van der Waals surface area contributed by atoms with Gasteiger partial charge in [-0.15, -0.1) is 0 Å². The Kier molecular flexibility index (Phi) is 8.25. The fourth-order valence-corrected chi connectivity index (χ4v) is 5.56. The van der Waals surface area contributed by atoms with Crippen molar-refractivity contribution in [2.24, 2.45) is 0 Å². The quantitative estimate of drug-likeness (QED) is 0.622. The van der Waals surface area contributed by atoms with Crippen molar-refractivity contribution in [1.82, 2.24) is 13.5 Å². The third kappa shape index (κ3) is 5.47. The molecule has 32 heavy (non-hydrogen) atoms. The molecule has 1 N–H and O–H groups in total. The molecule has 0 aliphatic carbocycles. The Labute approximate surface area is 190 Å². The maximum Gasteiger partial charge on any atom is 0.282 e. The summed E-state index contributed by atoms with van der Waals surface area (Å²) in [5, 5.41) is 2.99. The van der Waals surface area contributed by atoms with Crippen LogP contribution in [-0.2, 0) is 15.0 Å². The van der Waals surface area contributed by atoms with E-state index in [0.717, 1.165) is 5.56 Å². The van der Waals surface area contributed by atoms with E-state index in [9.17, 15) is 13.2 Å². The van der Waals surface area contributed by atoms with E-state index in [2.05, 4.69) is 5.32 Å². The fourth-order valence-electron chi connectivity index (χ4n) is 3.95. The van der Waals surface area contributed by atoms with E-state index in [1.165, 1.54) is 8.61 Å². The summed E-state index contributed by atoms with van der Waals surface area (Å²) < 4.78 is 33.9.